The maximum atomic E-state index is 10.2. The second-order valence-corrected chi connectivity index (χ2v) is 11.0. The molecule has 1 aromatic heterocycles. The Morgan fingerprint density at radius 3 is 2.68 bits per heavy atom. The molecule has 0 aliphatic heterocycles. The van der Waals surface area contributed by atoms with Gasteiger partial charge in [-0.1, -0.05) is 19.9 Å². The first-order valence-corrected chi connectivity index (χ1v) is 11.8. The van der Waals surface area contributed by atoms with E-state index in [2.05, 4.69) is 30.2 Å². The van der Waals surface area contributed by atoms with Gasteiger partial charge in [0.2, 0.25) is 0 Å². The van der Waals surface area contributed by atoms with Gasteiger partial charge in [0.25, 0.3) is 0 Å². The zero-order chi connectivity index (χ0) is 19.4. The fourth-order valence-electron chi connectivity index (χ4n) is 8.31. The standard InChI is InChI=1S/C25H38N2O/c1-24-11-9-19(28)14-18(24)5-6-20-21-7-8-23(25(21,2)12-10-22(20)24)27-16-17-4-3-13-26-15-17/h3-4,13,15,18-23,27-28H,5-12,14,16H2,1-2H3/t18?,19?,20-,21-,22+,23?,24-,25-/m0/s1. The zero-order valence-electron chi connectivity index (χ0n) is 17.7. The van der Waals surface area contributed by atoms with Crippen LogP contribution in [0.15, 0.2) is 24.5 Å². The van der Waals surface area contributed by atoms with Crippen LogP contribution in [0.3, 0.4) is 0 Å². The molecule has 4 saturated carbocycles. The highest BCUT2D eigenvalue weighted by atomic mass is 16.3. The number of nitrogens with one attached hydrogen (secondary N) is 1. The molecule has 28 heavy (non-hydrogen) atoms. The van der Waals surface area contributed by atoms with Gasteiger partial charge < -0.3 is 10.4 Å². The van der Waals surface area contributed by atoms with E-state index in [1.54, 1.807) is 0 Å². The average Bonchev–Trinajstić information content (AvgIpc) is 3.04. The molecule has 4 aliphatic carbocycles. The molecule has 0 aromatic carbocycles. The molecule has 1 aromatic rings. The van der Waals surface area contributed by atoms with Crippen molar-refractivity contribution in [1.82, 2.24) is 10.3 Å². The number of rotatable bonds is 3. The Hall–Kier alpha value is -0.930. The van der Waals surface area contributed by atoms with Gasteiger partial charge >= 0.3 is 0 Å². The van der Waals surface area contributed by atoms with Crippen LogP contribution in [0.2, 0.25) is 0 Å². The third-order valence-corrected chi connectivity index (χ3v) is 9.91. The lowest BCUT2D eigenvalue weighted by Gasteiger charge is -2.61. The fourth-order valence-corrected chi connectivity index (χ4v) is 8.31. The van der Waals surface area contributed by atoms with E-state index < -0.39 is 0 Å². The molecule has 3 unspecified atom stereocenters. The third-order valence-electron chi connectivity index (χ3n) is 9.91. The number of pyridine rings is 1. The molecule has 2 N–H and O–H groups in total. The second-order valence-electron chi connectivity index (χ2n) is 11.0. The second kappa shape index (κ2) is 7.09. The molecule has 0 saturated heterocycles. The Kier molecular flexibility index (Phi) is 4.83. The summed E-state index contributed by atoms with van der Waals surface area (Å²) in [7, 11) is 0. The van der Waals surface area contributed by atoms with Crippen LogP contribution in [-0.4, -0.2) is 22.2 Å². The summed E-state index contributed by atoms with van der Waals surface area (Å²) in [6, 6.07) is 4.88. The number of fused-ring (bicyclic) bond motifs is 5. The monoisotopic (exact) mass is 382 g/mol. The molecular formula is C25H38N2O. The van der Waals surface area contributed by atoms with Crippen molar-refractivity contribution in [3.05, 3.63) is 30.1 Å². The van der Waals surface area contributed by atoms with E-state index in [0.29, 0.717) is 16.9 Å². The molecule has 0 amide bonds. The molecule has 4 fully saturated rings. The maximum Gasteiger partial charge on any atom is 0.0543 e. The number of aliphatic hydroxyl groups excluding tert-OH is 1. The molecule has 154 valence electrons. The molecular weight excluding hydrogens is 344 g/mol. The van der Waals surface area contributed by atoms with E-state index in [0.717, 1.165) is 43.1 Å². The molecule has 0 spiro atoms. The summed E-state index contributed by atoms with van der Waals surface area (Å²) in [5.74, 6) is 3.47. The SMILES string of the molecule is C[C@]12CCC(O)CC1CC[C@@H]1[C@H]2CC[C@]2(C)C(NCc3cccnc3)CC[C@@H]12. The Morgan fingerprint density at radius 1 is 1.04 bits per heavy atom. The highest BCUT2D eigenvalue weighted by Crippen LogP contribution is 2.66. The summed E-state index contributed by atoms with van der Waals surface area (Å²) in [4.78, 5) is 4.28. The summed E-state index contributed by atoms with van der Waals surface area (Å²) >= 11 is 0. The zero-order valence-corrected chi connectivity index (χ0v) is 17.7. The van der Waals surface area contributed by atoms with Gasteiger partial charge in [0.05, 0.1) is 6.10 Å². The molecule has 1 heterocycles. The van der Waals surface area contributed by atoms with E-state index in [1.807, 2.05) is 18.5 Å². The van der Waals surface area contributed by atoms with Crippen LogP contribution in [-0.2, 0) is 6.54 Å². The predicted molar refractivity (Wildman–Crippen MR) is 113 cm³/mol. The topological polar surface area (TPSA) is 45.1 Å². The number of aromatic nitrogens is 1. The van der Waals surface area contributed by atoms with Crippen molar-refractivity contribution in [3.63, 3.8) is 0 Å². The molecule has 3 nitrogen and oxygen atoms in total. The van der Waals surface area contributed by atoms with Gasteiger partial charge in [0, 0.05) is 25.0 Å². The quantitative estimate of drug-likeness (QED) is 0.778. The molecule has 8 atom stereocenters. The number of nitrogens with zero attached hydrogens (tertiary/aromatic N) is 1. The van der Waals surface area contributed by atoms with Crippen LogP contribution in [0.1, 0.15) is 77.2 Å². The van der Waals surface area contributed by atoms with Crippen LogP contribution in [0.25, 0.3) is 0 Å². The molecule has 0 radical (unpaired) electrons. The lowest BCUT2D eigenvalue weighted by Crippen LogP contribution is -2.55. The Labute approximate surface area is 170 Å². The van der Waals surface area contributed by atoms with Crippen LogP contribution >= 0.6 is 0 Å². The van der Waals surface area contributed by atoms with E-state index in [4.69, 9.17) is 0 Å². The predicted octanol–water partition coefficient (Wildman–Crippen LogP) is 4.94. The third kappa shape index (κ3) is 2.96. The lowest BCUT2D eigenvalue weighted by atomic mass is 9.45. The molecule has 0 bridgehead atoms. The van der Waals surface area contributed by atoms with Crippen molar-refractivity contribution in [2.45, 2.75) is 90.3 Å². The van der Waals surface area contributed by atoms with Crippen molar-refractivity contribution in [1.29, 1.82) is 0 Å². The van der Waals surface area contributed by atoms with Crippen molar-refractivity contribution >= 4 is 0 Å². The van der Waals surface area contributed by atoms with E-state index in [1.165, 1.54) is 50.5 Å². The minimum atomic E-state index is -0.0315. The minimum Gasteiger partial charge on any atom is -0.393 e. The van der Waals surface area contributed by atoms with E-state index in [-0.39, 0.29) is 6.10 Å². The van der Waals surface area contributed by atoms with Crippen molar-refractivity contribution < 1.29 is 5.11 Å². The van der Waals surface area contributed by atoms with E-state index >= 15 is 0 Å². The van der Waals surface area contributed by atoms with Crippen molar-refractivity contribution in [3.8, 4) is 0 Å². The Morgan fingerprint density at radius 2 is 1.86 bits per heavy atom. The van der Waals surface area contributed by atoms with Gasteiger partial charge in [-0.05, 0) is 104 Å². The highest BCUT2D eigenvalue weighted by molar-refractivity contribution is 5.13. The summed E-state index contributed by atoms with van der Waals surface area (Å²) in [5.41, 5.74) is 2.25. The highest BCUT2D eigenvalue weighted by Gasteiger charge is 2.59. The Bertz CT molecular complexity index is 693. The van der Waals surface area contributed by atoms with E-state index in [9.17, 15) is 5.11 Å². The van der Waals surface area contributed by atoms with Gasteiger partial charge in [-0.15, -0.1) is 0 Å². The van der Waals surface area contributed by atoms with Gasteiger partial charge in [-0.3, -0.25) is 4.98 Å². The van der Waals surface area contributed by atoms with Crippen LogP contribution in [0.4, 0.5) is 0 Å². The van der Waals surface area contributed by atoms with Crippen LogP contribution in [0.5, 0.6) is 0 Å². The molecule has 5 rings (SSSR count). The summed E-state index contributed by atoms with van der Waals surface area (Å²) in [6.07, 6.45) is 15.5. The first kappa shape index (κ1) is 19.1. The van der Waals surface area contributed by atoms with Crippen molar-refractivity contribution in [2.75, 3.05) is 0 Å². The lowest BCUT2D eigenvalue weighted by molar-refractivity contribution is -0.123. The molecule has 4 aliphatic rings. The maximum absolute atomic E-state index is 10.2. The van der Waals surface area contributed by atoms with Crippen molar-refractivity contribution in [2.24, 2.45) is 34.5 Å². The minimum absolute atomic E-state index is 0.0315. The summed E-state index contributed by atoms with van der Waals surface area (Å²) in [5, 5.41) is 14.2. The molecule has 3 heteroatoms. The van der Waals surface area contributed by atoms with Gasteiger partial charge in [0.1, 0.15) is 0 Å². The van der Waals surface area contributed by atoms with Crippen LogP contribution in [0, 0.1) is 34.5 Å². The van der Waals surface area contributed by atoms with Gasteiger partial charge in [-0.2, -0.15) is 0 Å². The summed E-state index contributed by atoms with van der Waals surface area (Å²) in [6.45, 7) is 6.14. The average molecular weight is 383 g/mol. The van der Waals surface area contributed by atoms with Gasteiger partial charge in [-0.25, -0.2) is 0 Å². The normalized spacial score (nSPS) is 47.8. The fraction of sp³-hybridized carbons (Fsp3) is 0.800. The summed E-state index contributed by atoms with van der Waals surface area (Å²) < 4.78 is 0. The number of hydrogen-bond acceptors (Lipinski definition) is 3. The number of hydrogen-bond donors (Lipinski definition) is 2. The first-order chi connectivity index (χ1) is 13.5. The number of aliphatic hydroxyl groups is 1. The van der Waals surface area contributed by atoms with Crippen LogP contribution < -0.4 is 5.32 Å². The first-order valence-electron chi connectivity index (χ1n) is 11.8. The smallest absolute Gasteiger partial charge is 0.0543 e. The van der Waals surface area contributed by atoms with Gasteiger partial charge in [0.15, 0.2) is 0 Å². The largest absolute Gasteiger partial charge is 0.393 e. The Balaban J connectivity index is 1.31.